The summed E-state index contributed by atoms with van der Waals surface area (Å²) in [7, 11) is 0. The molecule has 0 aromatic heterocycles. The van der Waals surface area contributed by atoms with Crippen LogP contribution in [0.3, 0.4) is 0 Å². The minimum atomic E-state index is -1.06. The molecule has 10 nitrogen and oxygen atoms in total. The standard InChI is InChI=1S/C25H20N4O6/c1-15(30)26-17-9-7-16(8-10-17)22-21-23(35-28(22)19-5-3-2-4-6-19)25(32)27(24(21)31)18-11-13-20(14-12-18)29(33)34/h2-14,21-23H,1H3,(H,26,30). The van der Waals surface area contributed by atoms with Gasteiger partial charge in [-0.1, -0.05) is 30.3 Å². The van der Waals surface area contributed by atoms with E-state index in [0.29, 0.717) is 11.4 Å². The largest absolute Gasteiger partial charge is 0.326 e. The fourth-order valence-corrected chi connectivity index (χ4v) is 4.50. The second-order valence-electron chi connectivity index (χ2n) is 8.25. The van der Waals surface area contributed by atoms with Gasteiger partial charge in [-0.25, -0.2) is 9.96 Å². The lowest BCUT2D eigenvalue weighted by atomic mass is 9.90. The van der Waals surface area contributed by atoms with Gasteiger partial charge in [0.15, 0.2) is 6.10 Å². The number of carbonyl (C=O) groups is 3. The van der Waals surface area contributed by atoms with Gasteiger partial charge in [-0.15, -0.1) is 0 Å². The van der Waals surface area contributed by atoms with Crippen LogP contribution in [0.15, 0.2) is 78.9 Å². The van der Waals surface area contributed by atoms with Crippen molar-refractivity contribution in [2.75, 3.05) is 15.3 Å². The number of nitrogens with one attached hydrogen (secondary N) is 1. The summed E-state index contributed by atoms with van der Waals surface area (Å²) in [6.07, 6.45) is -1.06. The molecule has 176 valence electrons. The van der Waals surface area contributed by atoms with Crippen molar-refractivity contribution in [3.8, 4) is 0 Å². The molecule has 0 bridgehead atoms. The lowest BCUT2D eigenvalue weighted by Gasteiger charge is -2.28. The van der Waals surface area contributed by atoms with E-state index in [4.69, 9.17) is 4.84 Å². The Morgan fingerprint density at radius 3 is 2.17 bits per heavy atom. The van der Waals surface area contributed by atoms with E-state index in [0.717, 1.165) is 10.5 Å². The number of hydroxylamine groups is 1. The highest BCUT2D eigenvalue weighted by molar-refractivity contribution is 6.24. The van der Waals surface area contributed by atoms with Crippen molar-refractivity contribution in [3.05, 3.63) is 94.5 Å². The fourth-order valence-electron chi connectivity index (χ4n) is 4.50. The monoisotopic (exact) mass is 472 g/mol. The van der Waals surface area contributed by atoms with E-state index in [2.05, 4.69) is 5.32 Å². The molecule has 0 saturated carbocycles. The van der Waals surface area contributed by atoms with E-state index in [1.54, 1.807) is 29.3 Å². The molecule has 1 N–H and O–H groups in total. The van der Waals surface area contributed by atoms with E-state index >= 15 is 0 Å². The van der Waals surface area contributed by atoms with Crippen LogP contribution in [0, 0.1) is 16.0 Å². The molecule has 2 fully saturated rings. The summed E-state index contributed by atoms with van der Waals surface area (Å²) in [6.45, 7) is 1.41. The van der Waals surface area contributed by atoms with Crippen LogP contribution < -0.4 is 15.3 Å². The van der Waals surface area contributed by atoms with E-state index in [1.165, 1.54) is 31.2 Å². The second kappa shape index (κ2) is 8.65. The first-order chi connectivity index (χ1) is 16.8. The van der Waals surface area contributed by atoms with Crippen molar-refractivity contribution in [3.63, 3.8) is 0 Å². The maximum Gasteiger partial charge on any atom is 0.269 e. The number of imide groups is 1. The number of amides is 3. The van der Waals surface area contributed by atoms with Gasteiger partial charge in [0, 0.05) is 24.7 Å². The number of hydrogen-bond acceptors (Lipinski definition) is 7. The fraction of sp³-hybridized carbons (Fsp3) is 0.160. The molecule has 3 atom stereocenters. The lowest BCUT2D eigenvalue weighted by Crippen LogP contribution is -2.37. The quantitative estimate of drug-likeness (QED) is 0.342. The van der Waals surface area contributed by atoms with Crippen molar-refractivity contribution in [1.82, 2.24) is 0 Å². The van der Waals surface area contributed by atoms with Gasteiger partial charge in [0.25, 0.3) is 11.6 Å². The zero-order valence-corrected chi connectivity index (χ0v) is 18.5. The number of rotatable bonds is 5. The minimum Gasteiger partial charge on any atom is -0.326 e. The normalized spacial score (nSPS) is 21.2. The van der Waals surface area contributed by atoms with Gasteiger partial charge in [0.05, 0.1) is 22.3 Å². The molecule has 10 heteroatoms. The van der Waals surface area contributed by atoms with E-state index in [1.807, 2.05) is 30.3 Å². The highest BCUT2D eigenvalue weighted by Crippen LogP contribution is 2.47. The SMILES string of the molecule is CC(=O)Nc1ccc(C2C3C(=O)N(c4ccc([N+](=O)[O-])cc4)C(=O)C3ON2c2ccccc2)cc1. The van der Waals surface area contributed by atoms with Crippen molar-refractivity contribution in [2.24, 2.45) is 5.92 Å². The molecule has 3 aromatic carbocycles. The Morgan fingerprint density at radius 1 is 0.914 bits per heavy atom. The summed E-state index contributed by atoms with van der Waals surface area (Å²) >= 11 is 0. The first-order valence-corrected chi connectivity index (χ1v) is 10.9. The number of nitro benzene ring substituents is 1. The summed E-state index contributed by atoms with van der Waals surface area (Å²) in [5, 5.41) is 15.3. The molecule has 3 unspecified atom stereocenters. The van der Waals surface area contributed by atoms with Crippen molar-refractivity contribution in [1.29, 1.82) is 0 Å². The second-order valence-corrected chi connectivity index (χ2v) is 8.25. The first-order valence-electron chi connectivity index (χ1n) is 10.9. The van der Waals surface area contributed by atoms with Gasteiger partial charge >= 0.3 is 0 Å². The summed E-state index contributed by atoms with van der Waals surface area (Å²) < 4.78 is 0. The number of non-ortho nitro benzene ring substituents is 1. The average Bonchev–Trinajstić information content (AvgIpc) is 3.36. The molecule has 2 saturated heterocycles. The molecule has 2 aliphatic heterocycles. The maximum absolute atomic E-state index is 13.6. The van der Waals surface area contributed by atoms with Crippen LogP contribution in [0.25, 0.3) is 0 Å². The Balaban J connectivity index is 1.52. The molecule has 2 aliphatic rings. The van der Waals surface area contributed by atoms with Crippen molar-refractivity contribution in [2.45, 2.75) is 19.1 Å². The summed E-state index contributed by atoms with van der Waals surface area (Å²) in [5.41, 5.74) is 2.11. The highest BCUT2D eigenvalue weighted by atomic mass is 16.7. The molecule has 5 rings (SSSR count). The third-order valence-electron chi connectivity index (χ3n) is 6.02. The van der Waals surface area contributed by atoms with Gasteiger partial charge in [0.2, 0.25) is 11.8 Å². The van der Waals surface area contributed by atoms with Crippen LogP contribution in [-0.4, -0.2) is 28.7 Å². The number of para-hydroxylation sites is 1. The van der Waals surface area contributed by atoms with Gasteiger partial charge < -0.3 is 5.32 Å². The Kier molecular flexibility index (Phi) is 5.50. The molecule has 0 radical (unpaired) electrons. The summed E-state index contributed by atoms with van der Waals surface area (Å²) in [5.74, 6) is -2.04. The molecule has 3 amide bonds. The molecular weight excluding hydrogens is 452 g/mol. The Morgan fingerprint density at radius 2 is 1.57 bits per heavy atom. The van der Waals surface area contributed by atoms with Crippen LogP contribution in [0.1, 0.15) is 18.5 Å². The Bertz CT molecular complexity index is 1310. The average molecular weight is 472 g/mol. The van der Waals surface area contributed by atoms with Gasteiger partial charge in [0.1, 0.15) is 5.92 Å². The lowest BCUT2D eigenvalue weighted by molar-refractivity contribution is -0.384. The maximum atomic E-state index is 13.6. The van der Waals surface area contributed by atoms with Crippen LogP contribution in [0.4, 0.5) is 22.7 Å². The van der Waals surface area contributed by atoms with Crippen LogP contribution in [-0.2, 0) is 19.2 Å². The van der Waals surface area contributed by atoms with Crippen LogP contribution >= 0.6 is 0 Å². The highest BCUT2D eigenvalue weighted by Gasteiger charge is 2.60. The van der Waals surface area contributed by atoms with E-state index < -0.39 is 34.8 Å². The molecule has 35 heavy (non-hydrogen) atoms. The van der Waals surface area contributed by atoms with Crippen molar-refractivity contribution < 1.29 is 24.1 Å². The third-order valence-corrected chi connectivity index (χ3v) is 6.02. The van der Waals surface area contributed by atoms with Crippen LogP contribution in [0.2, 0.25) is 0 Å². The zero-order chi connectivity index (χ0) is 24.7. The smallest absolute Gasteiger partial charge is 0.269 e. The van der Waals surface area contributed by atoms with Crippen LogP contribution in [0.5, 0.6) is 0 Å². The molecule has 2 heterocycles. The summed E-state index contributed by atoms with van der Waals surface area (Å²) in [6, 6.07) is 20.8. The number of benzene rings is 3. The van der Waals surface area contributed by atoms with Crippen molar-refractivity contribution >= 4 is 40.5 Å². The third kappa shape index (κ3) is 3.89. The number of hydrogen-bond donors (Lipinski definition) is 1. The van der Waals surface area contributed by atoms with Gasteiger partial charge in [-0.05, 0) is 42.0 Å². The Hall–Kier alpha value is -4.57. The number of anilines is 3. The van der Waals surface area contributed by atoms with Gasteiger partial charge in [-0.2, -0.15) is 0 Å². The molecule has 0 spiro atoms. The molecular formula is C25H20N4O6. The molecule has 0 aliphatic carbocycles. The topological polar surface area (TPSA) is 122 Å². The molecule has 3 aromatic rings. The van der Waals surface area contributed by atoms with Gasteiger partial charge in [-0.3, -0.25) is 29.3 Å². The zero-order valence-electron chi connectivity index (χ0n) is 18.5. The predicted octanol–water partition coefficient (Wildman–Crippen LogP) is 3.60. The van der Waals surface area contributed by atoms with E-state index in [9.17, 15) is 24.5 Å². The predicted molar refractivity (Wildman–Crippen MR) is 126 cm³/mol. The number of nitro groups is 1. The summed E-state index contributed by atoms with van der Waals surface area (Å²) in [4.78, 5) is 55.8. The minimum absolute atomic E-state index is 0.142. The Labute approximate surface area is 199 Å². The first kappa shape index (κ1) is 22.2. The number of carbonyl (C=O) groups excluding carboxylic acids is 3. The number of fused-ring (bicyclic) bond motifs is 1. The van der Waals surface area contributed by atoms with E-state index in [-0.39, 0.29) is 17.3 Å². The number of nitrogens with zero attached hydrogens (tertiary/aromatic N) is 3.